The molecule has 116 valence electrons. The first-order valence-electron chi connectivity index (χ1n) is 6.37. The van der Waals surface area contributed by atoms with Crippen molar-refractivity contribution in [3.05, 3.63) is 56.2 Å². The standard InChI is InChI=1S/C15H13Cl2NO3S/c1-21-14(19)8-12(13-3-2-6-22-13)18-15(20)10-5-4-9(16)7-11(10)17/h2-7,12H,8H2,1H3,(H,18,20)/t12-/m1/s1. The molecule has 1 aromatic heterocycles. The number of amides is 1. The summed E-state index contributed by atoms with van der Waals surface area (Å²) in [5.74, 6) is -0.773. The van der Waals surface area contributed by atoms with Gasteiger partial charge in [0.15, 0.2) is 0 Å². The number of methoxy groups -OCH3 is 1. The van der Waals surface area contributed by atoms with E-state index in [0.29, 0.717) is 10.6 Å². The number of hydrogen-bond donors (Lipinski definition) is 1. The smallest absolute Gasteiger partial charge is 0.307 e. The topological polar surface area (TPSA) is 55.4 Å². The zero-order valence-corrected chi connectivity index (χ0v) is 14.0. The van der Waals surface area contributed by atoms with Gasteiger partial charge in [0.2, 0.25) is 0 Å². The Bertz CT molecular complexity index is 673. The third-order valence-corrected chi connectivity index (χ3v) is 4.50. The van der Waals surface area contributed by atoms with Gasteiger partial charge in [0.25, 0.3) is 5.91 Å². The SMILES string of the molecule is COC(=O)C[C@@H](NC(=O)c1ccc(Cl)cc1Cl)c1cccs1. The highest BCUT2D eigenvalue weighted by atomic mass is 35.5. The summed E-state index contributed by atoms with van der Waals surface area (Å²) in [7, 11) is 1.31. The van der Waals surface area contributed by atoms with Crippen molar-refractivity contribution < 1.29 is 14.3 Å². The molecular formula is C15H13Cl2NO3S. The van der Waals surface area contributed by atoms with Crippen molar-refractivity contribution in [1.82, 2.24) is 5.32 Å². The molecule has 0 bridgehead atoms. The third-order valence-electron chi connectivity index (χ3n) is 2.97. The first kappa shape index (κ1) is 16.8. The van der Waals surface area contributed by atoms with E-state index in [4.69, 9.17) is 23.2 Å². The summed E-state index contributed by atoms with van der Waals surface area (Å²) in [4.78, 5) is 24.8. The van der Waals surface area contributed by atoms with E-state index in [0.717, 1.165) is 4.88 Å². The summed E-state index contributed by atoms with van der Waals surface area (Å²) in [6.45, 7) is 0. The van der Waals surface area contributed by atoms with Crippen LogP contribution < -0.4 is 5.32 Å². The molecule has 1 heterocycles. The quantitative estimate of drug-likeness (QED) is 0.819. The van der Waals surface area contributed by atoms with Gasteiger partial charge >= 0.3 is 5.97 Å². The van der Waals surface area contributed by atoms with E-state index in [1.807, 2.05) is 17.5 Å². The van der Waals surface area contributed by atoms with Crippen LogP contribution in [0.25, 0.3) is 0 Å². The zero-order valence-electron chi connectivity index (χ0n) is 11.6. The lowest BCUT2D eigenvalue weighted by molar-refractivity contribution is -0.141. The van der Waals surface area contributed by atoms with Crippen molar-refractivity contribution in [2.75, 3.05) is 7.11 Å². The molecular weight excluding hydrogens is 345 g/mol. The Labute approximate surface area is 142 Å². The van der Waals surface area contributed by atoms with Crippen molar-refractivity contribution in [2.24, 2.45) is 0 Å². The van der Waals surface area contributed by atoms with Gasteiger partial charge in [0.1, 0.15) is 0 Å². The number of nitrogens with one attached hydrogen (secondary N) is 1. The van der Waals surface area contributed by atoms with Crippen molar-refractivity contribution in [2.45, 2.75) is 12.5 Å². The normalized spacial score (nSPS) is 11.8. The minimum absolute atomic E-state index is 0.0496. The monoisotopic (exact) mass is 357 g/mol. The van der Waals surface area contributed by atoms with Crippen molar-refractivity contribution in [3.8, 4) is 0 Å². The van der Waals surface area contributed by atoms with Crippen LogP contribution in [0.3, 0.4) is 0 Å². The number of thiophene rings is 1. The second-order valence-electron chi connectivity index (χ2n) is 4.45. The number of ether oxygens (including phenoxy) is 1. The van der Waals surface area contributed by atoms with E-state index in [2.05, 4.69) is 10.1 Å². The number of hydrogen-bond acceptors (Lipinski definition) is 4. The molecule has 0 fully saturated rings. The summed E-state index contributed by atoms with van der Waals surface area (Å²) in [5, 5.41) is 5.39. The molecule has 1 amide bonds. The van der Waals surface area contributed by atoms with Crippen LogP contribution in [0.4, 0.5) is 0 Å². The maximum atomic E-state index is 12.4. The van der Waals surface area contributed by atoms with Crippen molar-refractivity contribution >= 4 is 46.4 Å². The molecule has 0 unspecified atom stereocenters. The fourth-order valence-corrected chi connectivity index (χ4v) is 3.14. The Kier molecular flexibility index (Phi) is 5.83. The Morgan fingerprint density at radius 2 is 2.09 bits per heavy atom. The predicted molar refractivity (Wildman–Crippen MR) is 87.6 cm³/mol. The van der Waals surface area contributed by atoms with Crippen LogP contribution in [0, 0.1) is 0 Å². The Morgan fingerprint density at radius 3 is 2.68 bits per heavy atom. The zero-order chi connectivity index (χ0) is 16.1. The van der Waals surface area contributed by atoms with E-state index in [9.17, 15) is 9.59 Å². The molecule has 0 spiro atoms. The van der Waals surface area contributed by atoms with Gasteiger partial charge in [-0.2, -0.15) is 0 Å². The fourth-order valence-electron chi connectivity index (χ4n) is 1.87. The molecule has 0 aliphatic heterocycles. The second-order valence-corrected chi connectivity index (χ2v) is 6.27. The average Bonchev–Trinajstić information content (AvgIpc) is 3.00. The van der Waals surface area contributed by atoms with Crippen LogP contribution in [-0.4, -0.2) is 19.0 Å². The molecule has 1 N–H and O–H groups in total. The number of halogens is 2. The van der Waals surface area contributed by atoms with E-state index in [1.165, 1.54) is 24.5 Å². The number of esters is 1. The largest absolute Gasteiger partial charge is 0.469 e. The molecule has 1 aromatic carbocycles. The lowest BCUT2D eigenvalue weighted by Gasteiger charge is -2.17. The van der Waals surface area contributed by atoms with Gasteiger partial charge in [0, 0.05) is 9.90 Å². The molecule has 0 aliphatic carbocycles. The first-order chi connectivity index (χ1) is 10.5. The van der Waals surface area contributed by atoms with Gasteiger partial charge in [-0.15, -0.1) is 11.3 Å². The fraction of sp³-hybridized carbons (Fsp3) is 0.200. The molecule has 0 saturated carbocycles. The maximum absolute atomic E-state index is 12.4. The van der Waals surface area contributed by atoms with Crippen molar-refractivity contribution in [3.63, 3.8) is 0 Å². The average molecular weight is 358 g/mol. The van der Waals surface area contributed by atoms with Crippen LogP contribution in [0.5, 0.6) is 0 Å². The number of rotatable bonds is 5. The highest BCUT2D eigenvalue weighted by Gasteiger charge is 2.21. The lowest BCUT2D eigenvalue weighted by Crippen LogP contribution is -2.30. The van der Waals surface area contributed by atoms with Crippen LogP contribution in [0.1, 0.15) is 27.7 Å². The molecule has 0 aliphatic rings. The number of carbonyl (C=O) groups excluding carboxylic acids is 2. The van der Waals surface area contributed by atoms with E-state index < -0.39 is 12.0 Å². The summed E-state index contributed by atoms with van der Waals surface area (Å²) < 4.78 is 4.68. The van der Waals surface area contributed by atoms with Gasteiger partial charge in [-0.3, -0.25) is 9.59 Å². The Balaban J connectivity index is 2.19. The highest BCUT2D eigenvalue weighted by molar-refractivity contribution is 7.10. The van der Waals surface area contributed by atoms with Gasteiger partial charge in [-0.25, -0.2) is 0 Å². The number of benzene rings is 1. The summed E-state index contributed by atoms with van der Waals surface area (Å²) >= 11 is 13.3. The Morgan fingerprint density at radius 1 is 1.32 bits per heavy atom. The maximum Gasteiger partial charge on any atom is 0.307 e. The van der Waals surface area contributed by atoms with Crippen LogP contribution in [-0.2, 0) is 9.53 Å². The molecule has 0 radical (unpaired) electrons. The second kappa shape index (κ2) is 7.63. The van der Waals surface area contributed by atoms with Crippen LogP contribution >= 0.6 is 34.5 Å². The van der Waals surface area contributed by atoms with Gasteiger partial charge in [-0.1, -0.05) is 29.3 Å². The van der Waals surface area contributed by atoms with Crippen LogP contribution in [0.2, 0.25) is 10.0 Å². The molecule has 1 atom stereocenters. The first-order valence-corrected chi connectivity index (χ1v) is 8.01. The minimum atomic E-state index is -0.466. The molecule has 2 rings (SSSR count). The third kappa shape index (κ3) is 4.22. The Hall–Kier alpha value is -1.56. The van der Waals surface area contributed by atoms with E-state index in [-0.39, 0.29) is 17.4 Å². The lowest BCUT2D eigenvalue weighted by atomic mass is 10.1. The molecule has 7 heteroatoms. The summed E-state index contributed by atoms with van der Waals surface area (Å²) in [5.41, 5.74) is 0.303. The highest BCUT2D eigenvalue weighted by Crippen LogP contribution is 2.25. The minimum Gasteiger partial charge on any atom is -0.469 e. The predicted octanol–water partition coefficient (Wildman–Crippen LogP) is 4.09. The number of carbonyl (C=O) groups is 2. The van der Waals surface area contributed by atoms with Crippen molar-refractivity contribution in [1.29, 1.82) is 0 Å². The molecule has 2 aromatic rings. The van der Waals surface area contributed by atoms with Gasteiger partial charge < -0.3 is 10.1 Å². The molecule has 0 saturated heterocycles. The summed E-state index contributed by atoms with van der Waals surface area (Å²) in [6, 6.07) is 7.87. The summed E-state index contributed by atoms with van der Waals surface area (Å²) in [6.07, 6.45) is 0.0496. The van der Waals surface area contributed by atoms with Gasteiger partial charge in [0.05, 0.1) is 30.2 Å². The van der Waals surface area contributed by atoms with Gasteiger partial charge in [-0.05, 0) is 29.6 Å². The molecule has 22 heavy (non-hydrogen) atoms. The molecule has 4 nitrogen and oxygen atoms in total. The van der Waals surface area contributed by atoms with E-state index >= 15 is 0 Å². The van der Waals surface area contributed by atoms with Crippen LogP contribution in [0.15, 0.2) is 35.7 Å². The van der Waals surface area contributed by atoms with E-state index in [1.54, 1.807) is 12.1 Å².